The van der Waals surface area contributed by atoms with E-state index in [9.17, 15) is 9.59 Å². The van der Waals surface area contributed by atoms with Crippen molar-refractivity contribution < 1.29 is 4.79 Å². The number of amides is 1. The van der Waals surface area contributed by atoms with E-state index in [4.69, 9.17) is 0 Å². The van der Waals surface area contributed by atoms with Crippen molar-refractivity contribution in [1.82, 2.24) is 19.7 Å². The lowest BCUT2D eigenvalue weighted by atomic mass is 10.3. The average Bonchev–Trinajstić information content (AvgIpc) is 3.21. The number of H-pyrrole nitrogens is 1. The smallest absolute Gasteiger partial charge is 0.255 e. The maximum absolute atomic E-state index is 12.1. The number of anilines is 1. The molecular weight excluding hydrogens is 338 g/mol. The zero-order valence-electron chi connectivity index (χ0n) is 14.0. The number of thiophene rings is 1. The molecule has 128 valence electrons. The number of carbonyl (C=O) groups excluding carboxylic acids is 1. The third-order valence-corrected chi connectivity index (χ3v) is 4.53. The van der Waals surface area contributed by atoms with Crippen LogP contribution in [0.5, 0.6) is 0 Å². The minimum Gasteiger partial charge on any atom is -0.307 e. The second kappa shape index (κ2) is 6.86. The molecule has 3 aromatic rings. The summed E-state index contributed by atoms with van der Waals surface area (Å²) in [6, 6.07) is 5.61. The number of aromatic amines is 1. The normalized spacial score (nSPS) is 11.2. The van der Waals surface area contributed by atoms with Gasteiger partial charge in [0, 0.05) is 17.3 Å². The minimum absolute atomic E-state index is 0.235. The van der Waals surface area contributed by atoms with Gasteiger partial charge >= 0.3 is 0 Å². The van der Waals surface area contributed by atoms with Crippen LogP contribution in [0, 0.1) is 13.8 Å². The van der Waals surface area contributed by atoms with E-state index in [1.807, 2.05) is 17.5 Å². The van der Waals surface area contributed by atoms with E-state index < -0.39 is 0 Å². The fourth-order valence-corrected chi connectivity index (χ4v) is 2.91. The lowest BCUT2D eigenvalue weighted by Gasteiger charge is -2.08. The number of rotatable bonds is 4. The van der Waals surface area contributed by atoms with E-state index in [-0.39, 0.29) is 17.4 Å². The van der Waals surface area contributed by atoms with Gasteiger partial charge in [-0.15, -0.1) is 11.3 Å². The highest BCUT2D eigenvalue weighted by Gasteiger charge is 2.16. The Morgan fingerprint density at radius 3 is 2.84 bits per heavy atom. The van der Waals surface area contributed by atoms with Crippen molar-refractivity contribution in [3.05, 3.63) is 57.3 Å². The summed E-state index contributed by atoms with van der Waals surface area (Å²) >= 11 is 1.54. The summed E-state index contributed by atoms with van der Waals surface area (Å²) in [4.78, 5) is 32.1. The fraction of sp³-hybridized carbons (Fsp3) is 0.176. The van der Waals surface area contributed by atoms with Crippen molar-refractivity contribution in [3.8, 4) is 16.5 Å². The van der Waals surface area contributed by atoms with E-state index in [1.54, 1.807) is 32.9 Å². The van der Waals surface area contributed by atoms with Gasteiger partial charge in [-0.1, -0.05) is 12.1 Å². The Hall–Kier alpha value is -3.00. The molecule has 0 spiro atoms. The highest BCUT2D eigenvalue weighted by molar-refractivity contribution is 7.13. The van der Waals surface area contributed by atoms with Gasteiger partial charge in [0.1, 0.15) is 11.5 Å². The summed E-state index contributed by atoms with van der Waals surface area (Å²) in [5.74, 6) is 0.400. The first kappa shape index (κ1) is 16.8. The summed E-state index contributed by atoms with van der Waals surface area (Å²) in [6.07, 6.45) is 3.06. The molecule has 0 bridgehead atoms. The average molecular weight is 355 g/mol. The summed E-state index contributed by atoms with van der Waals surface area (Å²) < 4.78 is 1.43. The predicted octanol–water partition coefficient (Wildman–Crippen LogP) is 2.82. The molecule has 7 nitrogen and oxygen atoms in total. The van der Waals surface area contributed by atoms with Gasteiger partial charge in [-0.25, -0.2) is 4.98 Å². The molecule has 3 aromatic heterocycles. The Morgan fingerprint density at radius 2 is 2.20 bits per heavy atom. The molecule has 25 heavy (non-hydrogen) atoms. The third-order valence-electron chi connectivity index (χ3n) is 3.64. The third kappa shape index (κ3) is 3.43. The topological polar surface area (TPSA) is 92.7 Å². The second-order valence-electron chi connectivity index (χ2n) is 5.39. The molecule has 1 amide bonds. The molecule has 0 saturated carbocycles. The first-order valence-corrected chi connectivity index (χ1v) is 8.53. The van der Waals surface area contributed by atoms with Crippen LogP contribution in [0.4, 0.5) is 5.82 Å². The van der Waals surface area contributed by atoms with Gasteiger partial charge in [0.05, 0.1) is 4.88 Å². The molecule has 0 fully saturated rings. The zero-order valence-corrected chi connectivity index (χ0v) is 14.8. The van der Waals surface area contributed by atoms with Gasteiger partial charge < -0.3 is 5.32 Å². The van der Waals surface area contributed by atoms with E-state index in [1.165, 1.54) is 22.1 Å². The Bertz CT molecular complexity index is 999. The van der Waals surface area contributed by atoms with Crippen LogP contribution in [0.15, 0.2) is 40.5 Å². The predicted molar refractivity (Wildman–Crippen MR) is 98.2 cm³/mol. The second-order valence-corrected chi connectivity index (χ2v) is 6.34. The number of aryl methyl sites for hydroxylation is 1. The van der Waals surface area contributed by atoms with Gasteiger partial charge in [-0.2, -0.15) is 9.78 Å². The summed E-state index contributed by atoms with van der Waals surface area (Å²) in [7, 11) is 0. The lowest BCUT2D eigenvalue weighted by molar-refractivity contribution is -0.111. The Kier molecular flexibility index (Phi) is 4.62. The number of carbonyl (C=O) groups is 1. The van der Waals surface area contributed by atoms with Crippen LogP contribution in [0.1, 0.15) is 18.2 Å². The molecule has 3 rings (SSSR count). The number of hydrogen-bond acceptors (Lipinski definition) is 5. The number of hydrogen-bond donors (Lipinski definition) is 2. The maximum Gasteiger partial charge on any atom is 0.255 e. The lowest BCUT2D eigenvalue weighted by Crippen LogP contribution is -2.20. The highest BCUT2D eigenvalue weighted by Crippen LogP contribution is 2.27. The summed E-state index contributed by atoms with van der Waals surface area (Å²) in [6.45, 7) is 5.23. The summed E-state index contributed by atoms with van der Waals surface area (Å²) in [5.41, 5.74) is 1.61. The molecule has 0 aliphatic rings. The van der Waals surface area contributed by atoms with E-state index >= 15 is 0 Å². The van der Waals surface area contributed by atoms with Crippen LogP contribution >= 0.6 is 11.3 Å². The van der Waals surface area contributed by atoms with Crippen LogP contribution in [0.2, 0.25) is 0 Å². The first-order chi connectivity index (χ1) is 12.0. The standard InChI is InChI=1S/C17H17N5O2S/c1-4-6-15(23)19-14-9-12(13-7-5-8-25-13)21-22(14)17-18-11(3)10(2)16(24)20-17/h4-9H,1-3H3,(H,19,23)(H,18,20,24)/b6-4-. The fourth-order valence-electron chi connectivity index (χ4n) is 2.23. The molecule has 3 heterocycles. The largest absolute Gasteiger partial charge is 0.307 e. The van der Waals surface area contributed by atoms with Crippen molar-refractivity contribution in [3.63, 3.8) is 0 Å². The Labute approximate surface area is 148 Å². The number of nitrogens with zero attached hydrogens (tertiary/aromatic N) is 3. The van der Waals surface area contributed by atoms with Crippen molar-refractivity contribution in [2.75, 3.05) is 5.32 Å². The quantitative estimate of drug-likeness (QED) is 0.704. The SMILES string of the molecule is C/C=C\C(=O)Nc1cc(-c2cccs2)nn1-c1nc(C)c(C)c(=O)[nH]1. The molecular formula is C17H17N5O2S. The molecule has 0 atom stereocenters. The van der Waals surface area contributed by atoms with Crippen molar-refractivity contribution in [1.29, 1.82) is 0 Å². The molecule has 0 aromatic carbocycles. The van der Waals surface area contributed by atoms with Gasteiger partial charge in [0.25, 0.3) is 5.56 Å². The van der Waals surface area contributed by atoms with Crippen LogP contribution in [0.3, 0.4) is 0 Å². The number of nitrogens with one attached hydrogen (secondary N) is 2. The maximum atomic E-state index is 12.1. The molecule has 0 radical (unpaired) electrons. The van der Waals surface area contributed by atoms with Gasteiger partial charge in [-0.3, -0.25) is 14.6 Å². The monoisotopic (exact) mass is 355 g/mol. The van der Waals surface area contributed by atoms with Gasteiger partial charge in [0.2, 0.25) is 11.9 Å². The summed E-state index contributed by atoms with van der Waals surface area (Å²) in [5, 5.41) is 9.21. The van der Waals surface area contributed by atoms with Crippen LogP contribution < -0.4 is 10.9 Å². The van der Waals surface area contributed by atoms with Crippen molar-refractivity contribution in [2.24, 2.45) is 0 Å². The molecule has 0 aliphatic heterocycles. The van der Waals surface area contributed by atoms with Crippen molar-refractivity contribution >= 4 is 23.1 Å². The number of aromatic nitrogens is 4. The minimum atomic E-state index is -0.285. The van der Waals surface area contributed by atoms with E-state index in [0.29, 0.717) is 22.8 Å². The van der Waals surface area contributed by atoms with Gasteiger partial charge in [-0.05, 0) is 38.3 Å². The van der Waals surface area contributed by atoms with E-state index in [2.05, 4.69) is 20.4 Å². The van der Waals surface area contributed by atoms with Crippen molar-refractivity contribution in [2.45, 2.75) is 20.8 Å². The number of allylic oxidation sites excluding steroid dienone is 1. The first-order valence-electron chi connectivity index (χ1n) is 7.65. The molecule has 0 saturated heterocycles. The Morgan fingerprint density at radius 1 is 1.40 bits per heavy atom. The van der Waals surface area contributed by atoms with Crippen LogP contribution in [-0.4, -0.2) is 25.7 Å². The highest BCUT2D eigenvalue weighted by atomic mass is 32.1. The molecule has 0 unspecified atom stereocenters. The Balaban J connectivity index is 2.13. The van der Waals surface area contributed by atoms with E-state index in [0.717, 1.165) is 4.88 Å². The molecule has 0 aliphatic carbocycles. The molecule has 2 N–H and O–H groups in total. The molecule has 8 heteroatoms. The van der Waals surface area contributed by atoms with Crippen LogP contribution in [0.25, 0.3) is 16.5 Å². The zero-order chi connectivity index (χ0) is 18.0. The van der Waals surface area contributed by atoms with Gasteiger partial charge in [0.15, 0.2) is 0 Å². The van der Waals surface area contributed by atoms with Crippen LogP contribution in [-0.2, 0) is 4.79 Å².